The van der Waals surface area contributed by atoms with Gasteiger partial charge in [-0.25, -0.2) is 4.39 Å². The van der Waals surface area contributed by atoms with Crippen LogP contribution in [-0.2, 0) is 11.2 Å². The lowest BCUT2D eigenvalue weighted by atomic mass is 9.90. The Morgan fingerprint density at radius 2 is 1.50 bits per heavy atom. The van der Waals surface area contributed by atoms with Gasteiger partial charge in [-0.15, -0.1) is 0 Å². The second-order valence-electron chi connectivity index (χ2n) is 9.25. The Morgan fingerprint density at radius 1 is 0.842 bits per heavy atom. The quantitative estimate of drug-likeness (QED) is 0.226. The van der Waals surface area contributed by atoms with Crippen LogP contribution < -0.4 is 5.32 Å². The predicted molar refractivity (Wildman–Crippen MR) is 146 cm³/mol. The van der Waals surface area contributed by atoms with E-state index in [0.717, 1.165) is 22.3 Å². The number of nitrogens with one attached hydrogen (secondary N) is 1. The SMILES string of the molecule is Cc1cc(-c2ccc(NC(=O)c3ccc(F)cc3)cc2)ccc1C(=O)CC(CCc1ccccc1)C(=O)O. The number of carbonyl (C=O) groups excluding carboxylic acids is 2. The third kappa shape index (κ3) is 6.79. The number of hydrogen-bond acceptors (Lipinski definition) is 3. The van der Waals surface area contributed by atoms with Gasteiger partial charge in [-0.3, -0.25) is 14.4 Å². The molecule has 4 aromatic rings. The smallest absolute Gasteiger partial charge is 0.306 e. The molecule has 0 bridgehead atoms. The monoisotopic (exact) mass is 509 g/mol. The van der Waals surface area contributed by atoms with Crippen LogP contribution in [0.25, 0.3) is 11.1 Å². The lowest BCUT2D eigenvalue weighted by molar-refractivity contribution is -0.141. The van der Waals surface area contributed by atoms with E-state index < -0.39 is 17.7 Å². The van der Waals surface area contributed by atoms with Crippen LogP contribution in [0.5, 0.6) is 0 Å². The third-order valence-corrected chi connectivity index (χ3v) is 6.51. The molecule has 1 amide bonds. The average Bonchev–Trinajstić information content (AvgIpc) is 2.92. The van der Waals surface area contributed by atoms with Gasteiger partial charge in [0.15, 0.2) is 5.78 Å². The van der Waals surface area contributed by atoms with Gasteiger partial charge < -0.3 is 10.4 Å². The van der Waals surface area contributed by atoms with E-state index in [0.29, 0.717) is 29.7 Å². The molecule has 38 heavy (non-hydrogen) atoms. The first kappa shape index (κ1) is 26.5. The molecule has 1 atom stereocenters. The van der Waals surface area contributed by atoms with Crippen molar-refractivity contribution in [3.8, 4) is 11.1 Å². The van der Waals surface area contributed by atoms with Gasteiger partial charge in [0.05, 0.1) is 5.92 Å². The maximum Gasteiger partial charge on any atom is 0.306 e. The number of aryl methyl sites for hydroxylation is 2. The molecule has 4 aromatic carbocycles. The minimum Gasteiger partial charge on any atom is -0.481 e. The maximum absolute atomic E-state index is 13.1. The molecule has 5 nitrogen and oxygen atoms in total. The van der Waals surface area contributed by atoms with E-state index in [1.165, 1.54) is 24.3 Å². The number of halogens is 1. The number of carboxylic acids is 1. The molecule has 0 saturated heterocycles. The highest BCUT2D eigenvalue weighted by Gasteiger charge is 2.23. The molecule has 1 unspecified atom stereocenters. The summed E-state index contributed by atoms with van der Waals surface area (Å²) in [6, 6.07) is 27.7. The molecule has 0 saturated carbocycles. The van der Waals surface area contributed by atoms with E-state index in [9.17, 15) is 23.9 Å². The number of rotatable bonds is 10. The molecule has 0 radical (unpaired) electrons. The van der Waals surface area contributed by atoms with Gasteiger partial charge in [-0.2, -0.15) is 0 Å². The molecule has 0 aliphatic heterocycles. The predicted octanol–water partition coefficient (Wildman–Crippen LogP) is 6.96. The van der Waals surface area contributed by atoms with Crippen molar-refractivity contribution in [1.29, 1.82) is 0 Å². The first-order chi connectivity index (χ1) is 18.3. The standard InChI is InChI=1S/C32H28FNO4/c1-21-19-25(23-11-16-28(17-12-23)34-31(36)24-9-14-27(33)15-10-24)13-18-29(21)30(35)20-26(32(37)38)8-7-22-5-3-2-4-6-22/h2-6,9-19,26H,7-8,20H2,1H3,(H,34,36)(H,37,38). The molecule has 192 valence electrons. The van der Waals surface area contributed by atoms with Gasteiger partial charge in [-0.05, 0) is 78.4 Å². The van der Waals surface area contributed by atoms with Crippen LogP contribution in [0.4, 0.5) is 10.1 Å². The molecular weight excluding hydrogens is 481 g/mol. The number of hydrogen-bond donors (Lipinski definition) is 2. The number of anilines is 1. The zero-order valence-electron chi connectivity index (χ0n) is 21.0. The summed E-state index contributed by atoms with van der Waals surface area (Å²) in [5, 5.41) is 12.5. The summed E-state index contributed by atoms with van der Waals surface area (Å²) in [5.74, 6) is -2.64. The van der Waals surface area contributed by atoms with E-state index >= 15 is 0 Å². The molecule has 0 fully saturated rings. The van der Waals surface area contributed by atoms with Crippen molar-refractivity contribution in [2.45, 2.75) is 26.2 Å². The van der Waals surface area contributed by atoms with Crippen LogP contribution in [0.1, 0.15) is 44.7 Å². The Bertz CT molecular complexity index is 1430. The van der Waals surface area contributed by atoms with Crippen LogP contribution >= 0.6 is 0 Å². The first-order valence-electron chi connectivity index (χ1n) is 12.4. The van der Waals surface area contributed by atoms with E-state index in [-0.39, 0.29) is 18.1 Å². The summed E-state index contributed by atoms with van der Waals surface area (Å²) < 4.78 is 13.1. The molecule has 0 heterocycles. The van der Waals surface area contributed by atoms with Crippen molar-refractivity contribution in [3.05, 3.63) is 125 Å². The van der Waals surface area contributed by atoms with Crippen LogP contribution in [-0.4, -0.2) is 22.8 Å². The summed E-state index contributed by atoms with van der Waals surface area (Å²) in [5.41, 5.74) is 5.09. The number of amides is 1. The molecule has 6 heteroatoms. The van der Waals surface area contributed by atoms with Crippen molar-refractivity contribution < 1.29 is 23.9 Å². The minimum absolute atomic E-state index is 0.0508. The number of aliphatic carboxylic acids is 1. The first-order valence-corrected chi connectivity index (χ1v) is 12.4. The van der Waals surface area contributed by atoms with Gasteiger partial charge in [0.1, 0.15) is 5.82 Å². The summed E-state index contributed by atoms with van der Waals surface area (Å²) in [4.78, 5) is 37.2. The largest absolute Gasteiger partial charge is 0.481 e. The highest BCUT2D eigenvalue weighted by atomic mass is 19.1. The molecule has 2 N–H and O–H groups in total. The molecule has 0 spiro atoms. The van der Waals surface area contributed by atoms with Gasteiger partial charge in [-0.1, -0.05) is 60.7 Å². The van der Waals surface area contributed by atoms with Crippen LogP contribution in [0.2, 0.25) is 0 Å². The topological polar surface area (TPSA) is 83.5 Å². The fraction of sp³-hybridized carbons (Fsp3) is 0.156. The van der Waals surface area contributed by atoms with E-state index in [1.807, 2.05) is 61.5 Å². The Labute approximate surface area is 221 Å². The highest BCUT2D eigenvalue weighted by Crippen LogP contribution is 2.26. The van der Waals surface area contributed by atoms with Crippen molar-refractivity contribution in [2.24, 2.45) is 5.92 Å². The second kappa shape index (κ2) is 12.1. The van der Waals surface area contributed by atoms with Crippen LogP contribution in [0.3, 0.4) is 0 Å². The summed E-state index contributed by atoms with van der Waals surface area (Å²) in [6.07, 6.45) is 0.945. The van der Waals surface area contributed by atoms with Gasteiger partial charge in [0.2, 0.25) is 0 Å². The lowest BCUT2D eigenvalue weighted by Gasteiger charge is -2.14. The fourth-order valence-electron chi connectivity index (χ4n) is 4.34. The van der Waals surface area contributed by atoms with Crippen molar-refractivity contribution in [2.75, 3.05) is 5.32 Å². The average molecular weight is 510 g/mol. The normalized spacial score (nSPS) is 11.5. The molecule has 0 aromatic heterocycles. The van der Waals surface area contributed by atoms with Gasteiger partial charge in [0.25, 0.3) is 5.91 Å². The maximum atomic E-state index is 13.1. The molecule has 0 aliphatic carbocycles. The van der Waals surface area contributed by atoms with E-state index in [4.69, 9.17) is 0 Å². The van der Waals surface area contributed by atoms with Gasteiger partial charge >= 0.3 is 5.97 Å². The summed E-state index contributed by atoms with van der Waals surface area (Å²) in [7, 11) is 0. The minimum atomic E-state index is -0.963. The lowest BCUT2D eigenvalue weighted by Crippen LogP contribution is -2.19. The van der Waals surface area contributed by atoms with Gasteiger partial charge in [0, 0.05) is 23.2 Å². The third-order valence-electron chi connectivity index (χ3n) is 6.51. The van der Waals surface area contributed by atoms with Crippen LogP contribution in [0.15, 0.2) is 97.1 Å². The van der Waals surface area contributed by atoms with Crippen LogP contribution in [0, 0.1) is 18.7 Å². The Hall–Kier alpha value is -4.58. The van der Waals surface area contributed by atoms with Crippen molar-refractivity contribution in [3.63, 3.8) is 0 Å². The Morgan fingerprint density at radius 3 is 2.13 bits per heavy atom. The zero-order chi connectivity index (χ0) is 27.1. The number of benzene rings is 4. The Kier molecular flexibility index (Phi) is 8.44. The highest BCUT2D eigenvalue weighted by molar-refractivity contribution is 6.04. The molecule has 4 rings (SSSR count). The number of Topliss-reactive ketones (excluding diaryl/α,β-unsaturated/α-hetero) is 1. The van der Waals surface area contributed by atoms with E-state index in [2.05, 4.69) is 5.32 Å². The fourth-order valence-corrected chi connectivity index (χ4v) is 4.34. The van der Waals surface area contributed by atoms with Crippen molar-refractivity contribution in [1.82, 2.24) is 0 Å². The molecule has 0 aliphatic rings. The molecular formula is C32H28FNO4. The number of carbonyl (C=O) groups is 3. The number of carboxylic acid groups (broad SMARTS) is 1. The second-order valence-corrected chi connectivity index (χ2v) is 9.25. The van der Waals surface area contributed by atoms with E-state index in [1.54, 1.807) is 18.2 Å². The summed E-state index contributed by atoms with van der Waals surface area (Å²) >= 11 is 0. The number of ketones is 1. The Balaban J connectivity index is 1.40. The zero-order valence-corrected chi connectivity index (χ0v) is 21.0. The van der Waals surface area contributed by atoms with Crippen molar-refractivity contribution >= 4 is 23.3 Å². The summed E-state index contributed by atoms with van der Waals surface area (Å²) in [6.45, 7) is 1.84.